The average Bonchev–Trinajstić information content (AvgIpc) is 3.59. The molecule has 2 aromatic rings. The normalized spacial score (nSPS) is 36.9. The number of aliphatic hydroxyl groups is 1. The number of fused-ring (bicyclic) bond motifs is 3. The minimum Gasteiger partial charge on any atom is -0.507 e. The number of ketones is 1. The van der Waals surface area contributed by atoms with Gasteiger partial charge in [-0.05, 0) is 54.4 Å². The van der Waals surface area contributed by atoms with Crippen LogP contribution in [0.25, 0.3) is 0 Å². The molecule has 144 valence electrons. The van der Waals surface area contributed by atoms with Crippen LogP contribution in [0.15, 0.2) is 30.3 Å². The van der Waals surface area contributed by atoms with Crippen molar-refractivity contribution in [3.8, 4) is 23.0 Å². The Balaban J connectivity index is 1.39. The van der Waals surface area contributed by atoms with Crippen molar-refractivity contribution < 1.29 is 30.0 Å². The molecule has 28 heavy (non-hydrogen) atoms. The lowest BCUT2D eigenvalue weighted by molar-refractivity contribution is 0.0207. The van der Waals surface area contributed by atoms with Crippen LogP contribution in [0.3, 0.4) is 0 Å². The Labute approximate surface area is 161 Å². The molecule has 0 bridgehead atoms. The molecule has 3 fully saturated rings. The van der Waals surface area contributed by atoms with Crippen molar-refractivity contribution in [2.24, 2.45) is 17.8 Å². The molecule has 4 N–H and O–H groups in total. The molecule has 6 heteroatoms. The summed E-state index contributed by atoms with van der Waals surface area (Å²) in [7, 11) is 0. The van der Waals surface area contributed by atoms with Crippen LogP contribution < -0.4 is 4.74 Å². The SMILES string of the molecule is O=C1c2ccc(C34CCCC5C3C54)cc2OC(c2cc(O)c(O)cc2O)C1O. The van der Waals surface area contributed by atoms with Crippen LogP contribution >= 0.6 is 0 Å². The van der Waals surface area contributed by atoms with Gasteiger partial charge in [0.1, 0.15) is 11.5 Å². The highest BCUT2D eigenvalue weighted by atomic mass is 16.5. The number of phenolic OH excluding ortho intramolecular Hbond substituents is 3. The monoisotopic (exact) mass is 380 g/mol. The minimum atomic E-state index is -1.51. The van der Waals surface area contributed by atoms with E-state index in [1.165, 1.54) is 24.8 Å². The number of phenols is 3. The number of benzene rings is 2. The molecule has 6 rings (SSSR count). The zero-order chi connectivity index (χ0) is 19.4. The van der Waals surface area contributed by atoms with E-state index in [4.69, 9.17) is 4.74 Å². The van der Waals surface area contributed by atoms with Gasteiger partial charge in [0, 0.05) is 17.0 Å². The number of Topliss-reactive ketones (excluding diaryl/α,β-unsaturated/α-hetero) is 1. The van der Waals surface area contributed by atoms with Crippen LogP contribution in [0, 0.1) is 17.8 Å². The van der Waals surface area contributed by atoms with Crippen LogP contribution in [0.1, 0.15) is 46.9 Å². The molecule has 0 saturated heterocycles. The molecule has 1 heterocycles. The summed E-state index contributed by atoms with van der Waals surface area (Å²) in [5.41, 5.74) is 1.82. The van der Waals surface area contributed by atoms with Gasteiger partial charge < -0.3 is 25.2 Å². The highest BCUT2D eigenvalue weighted by Gasteiger charge is 2.84. The molecule has 0 aromatic heterocycles. The van der Waals surface area contributed by atoms with Crippen molar-refractivity contribution in [3.63, 3.8) is 0 Å². The number of carbonyl (C=O) groups excluding carboxylic acids is 1. The molecular weight excluding hydrogens is 360 g/mol. The lowest BCUT2D eigenvalue weighted by Gasteiger charge is -2.35. The largest absolute Gasteiger partial charge is 0.507 e. The van der Waals surface area contributed by atoms with Gasteiger partial charge in [-0.25, -0.2) is 0 Å². The third-order valence-corrected chi connectivity index (χ3v) is 7.40. The van der Waals surface area contributed by atoms with Gasteiger partial charge in [0.25, 0.3) is 0 Å². The minimum absolute atomic E-state index is 0.0531. The number of aromatic hydroxyl groups is 3. The topological polar surface area (TPSA) is 107 Å². The average molecular weight is 380 g/mol. The quantitative estimate of drug-likeness (QED) is 0.471. The second kappa shape index (κ2) is 5.00. The van der Waals surface area contributed by atoms with Crippen molar-refractivity contribution in [3.05, 3.63) is 47.0 Å². The van der Waals surface area contributed by atoms with E-state index in [2.05, 4.69) is 0 Å². The van der Waals surface area contributed by atoms with E-state index >= 15 is 0 Å². The molecule has 0 spiro atoms. The molecule has 4 unspecified atom stereocenters. The van der Waals surface area contributed by atoms with Crippen molar-refractivity contribution in [1.29, 1.82) is 0 Å². The second-order valence-electron chi connectivity index (χ2n) is 8.61. The fraction of sp³-hybridized carbons (Fsp3) is 0.409. The van der Waals surface area contributed by atoms with Crippen molar-refractivity contribution in [1.82, 2.24) is 0 Å². The van der Waals surface area contributed by atoms with Crippen molar-refractivity contribution >= 4 is 5.78 Å². The molecule has 2 aromatic carbocycles. The molecule has 4 atom stereocenters. The number of hydrogen-bond donors (Lipinski definition) is 4. The maximum atomic E-state index is 12.7. The molecule has 3 saturated carbocycles. The first kappa shape index (κ1) is 16.2. The highest BCUT2D eigenvalue weighted by molar-refractivity contribution is 6.03. The first-order valence-corrected chi connectivity index (χ1v) is 9.72. The van der Waals surface area contributed by atoms with Crippen LogP contribution in [-0.4, -0.2) is 32.3 Å². The summed E-state index contributed by atoms with van der Waals surface area (Å²) >= 11 is 0. The van der Waals surface area contributed by atoms with Crippen LogP contribution in [-0.2, 0) is 5.41 Å². The molecule has 1 aliphatic heterocycles. The van der Waals surface area contributed by atoms with E-state index in [1.807, 2.05) is 12.1 Å². The third-order valence-electron chi connectivity index (χ3n) is 7.40. The maximum absolute atomic E-state index is 12.7. The van der Waals surface area contributed by atoms with Crippen LogP contribution in [0.4, 0.5) is 0 Å². The zero-order valence-electron chi connectivity index (χ0n) is 15.0. The fourth-order valence-electron chi connectivity index (χ4n) is 6.03. The summed E-state index contributed by atoms with van der Waals surface area (Å²) in [6.45, 7) is 0. The number of aliphatic hydroxyl groups excluding tert-OH is 1. The first-order chi connectivity index (χ1) is 13.4. The summed E-state index contributed by atoms with van der Waals surface area (Å²) in [6, 6.07) is 7.72. The number of carbonyl (C=O) groups is 1. The fourth-order valence-corrected chi connectivity index (χ4v) is 6.03. The standard InChI is InChI=1S/C22H20O6/c23-13-8-15(25)14(24)7-12(13)21-20(27)19(26)10-4-3-9(6-16(10)28-21)22-5-1-2-11-17(22)18(11)22/h3-4,6-8,11,17-18,20-21,23-25,27H,1-2,5H2. The van der Waals surface area contributed by atoms with Gasteiger partial charge in [0.15, 0.2) is 29.5 Å². The molecule has 3 aliphatic carbocycles. The van der Waals surface area contributed by atoms with E-state index in [1.54, 1.807) is 6.07 Å². The van der Waals surface area contributed by atoms with Gasteiger partial charge in [-0.15, -0.1) is 0 Å². The summed E-state index contributed by atoms with van der Waals surface area (Å²) in [5.74, 6) is 1.04. The van der Waals surface area contributed by atoms with Gasteiger partial charge in [-0.2, -0.15) is 0 Å². The predicted molar refractivity (Wildman–Crippen MR) is 97.6 cm³/mol. The lowest BCUT2D eigenvalue weighted by Crippen LogP contribution is -2.36. The Morgan fingerprint density at radius 1 is 1.00 bits per heavy atom. The van der Waals surface area contributed by atoms with Gasteiger partial charge in [0.2, 0.25) is 0 Å². The van der Waals surface area contributed by atoms with E-state index in [9.17, 15) is 25.2 Å². The Hall–Kier alpha value is -2.73. The van der Waals surface area contributed by atoms with Gasteiger partial charge in [0.05, 0.1) is 5.56 Å². The van der Waals surface area contributed by atoms with E-state index in [0.29, 0.717) is 11.3 Å². The number of rotatable bonds is 2. The molecule has 0 radical (unpaired) electrons. The van der Waals surface area contributed by atoms with Gasteiger partial charge >= 0.3 is 0 Å². The predicted octanol–water partition coefficient (Wildman–Crippen LogP) is 2.78. The Morgan fingerprint density at radius 2 is 1.75 bits per heavy atom. The molecule has 6 nitrogen and oxygen atoms in total. The summed E-state index contributed by atoms with van der Waals surface area (Å²) in [6.07, 6.45) is 1.06. The third kappa shape index (κ3) is 1.84. The summed E-state index contributed by atoms with van der Waals surface area (Å²) < 4.78 is 5.96. The van der Waals surface area contributed by atoms with Crippen molar-refractivity contribution in [2.75, 3.05) is 0 Å². The van der Waals surface area contributed by atoms with Gasteiger partial charge in [-0.3, -0.25) is 4.79 Å². The first-order valence-electron chi connectivity index (χ1n) is 9.72. The summed E-state index contributed by atoms with van der Waals surface area (Å²) in [5, 5.41) is 39.9. The van der Waals surface area contributed by atoms with Gasteiger partial charge in [-0.1, -0.05) is 12.5 Å². The smallest absolute Gasteiger partial charge is 0.199 e. The van der Waals surface area contributed by atoms with E-state index in [-0.39, 0.29) is 16.7 Å². The Bertz CT molecular complexity index is 1030. The molecule has 4 aliphatic rings. The molecular formula is C22H20O6. The van der Waals surface area contributed by atoms with E-state index in [0.717, 1.165) is 29.9 Å². The zero-order valence-corrected chi connectivity index (χ0v) is 15.0. The Morgan fingerprint density at radius 3 is 2.50 bits per heavy atom. The number of ether oxygens (including phenoxy) is 1. The molecule has 0 amide bonds. The highest BCUT2D eigenvalue weighted by Crippen LogP contribution is 2.86. The maximum Gasteiger partial charge on any atom is 0.199 e. The lowest BCUT2D eigenvalue weighted by atomic mass is 9.71. The number of hydrogen-bond acceptors (Lipinski definition) is 6. The Kier molecular flexibility index (Phi) is 2.90. The van der Waals surface area contributed by atoms with Crippen LogP contribution in [0.2, 0.25) is 0 Å². The van der Waals surface area contributed by atoms with E-state index < -0.39 is 29.5 Å². The summed E-state index contributed by atoms with van der Waals surface area (Å²) in [4.78, 5) is 12.7. The second-order valence-corrected chi connectivity index (χ2v) is 8.61. The van der Waals surface area contributed by atoms with Crippen molar-refractivity contribution in [2.45, 2.75) is 36.9 Å². The van der Waals surface area contributed by atoms with Crippen LogP contribution in [0.5, 0.6) is 23.0 Å².